The molecule has 0 saturated carbocycles. The second kappa shape index (κ2) is 6.21. The first-order chi connectivity index (χ1) is 11.1. The molecule has 3 rings (SSSR count). The highest BCUT2D eigenvalue weighted by molar-refractivity contribution is 5.69. The molecule has 0 fully saturated rings. The number of hydrogen-bond acceptors (Lipinski definition) is 6. The van der Waals surface area contributed by atoms with Gasteiger partial charge in [0.25, 0.3) is 0 Å². The van der Waals surface area contributed by atoms with Crippen LogP contribution in [0.1, 0.15) is 37.0 Å². The number of aromatic amines is 1. The van der Waals surface area contributed by atoms with E-state index in [9.17, 15) is 0 Å². The monoisotopic (exact) mass is 313 g/mol. The van der Waals surface area contributed by atoms with Crippen LogP contribution in [0.3, 0.4) is 0 Å². The molecule has 4 N–H and O–H groups in total. The van der Waals surface area contributed by atoms with Gasteiger partial charge in [-0.05, 0) is 23.8 Å². The maximum Gasteiger partial charge on any atom is 0.186 e. The standard InChI is InChI=1S/C16H19N5O2/c1-9(2)15-19-13-7-18-14(20-16(13)21-15)6-10-5-11(23-8-22)3-4-12(10)17/h3-5,7,9,22H,6,8,17H2,1-2H3,(H,18,19,20,21). The zero-order chi connectivity index (χ0) is 16.4. The van der Waals surface area contributed by atoms with Crippen molar-refractivity contribution < 1.29 is 9.84 Å². The second-order valence-corrected chi connectivity index (χ2v) is 5.61. The molecule has 0 spiro atoms. The first kappa shape index (κ1) is 15.2. The van der Waals surface area contributed by atoms with Gasteiger partial charge in [0, 0.05) is 18.0 Å². The van der Waals surface area contributed by atoms with Crippen LogP contribution in [0.2, 0.25) is 0 Å². The quantitative estimate of drug-likeness (QED) is 0.491. The second-order valence-electron chi connectivity index (χ2n) is 5.61. The number of aliphatic hydroxyl groups is 1. The van der Waals surface area contributed by atoms with Gasteiger partial charge in [0.05, 0.1) is 6.20 Å². The van der Waals surface area contributed by atoms with Crippen LogP contribution in [0.25, 0.3) is 11.2 Å². The van der Waals surface area contributed by atoms with Gasteiger partial charge in [0.2, 0.25) is 0 Å². The summed E-state index contributed by atoms with van der Waals surface area (Å²) in [5.74, 6) is 2.38. The zero-order valence-electron chi connectivity index (χ0n) is 13.1. The number of benzene rings is 1. The number of rotatable bonds is 5. The molecule has 0 bridgehead atoms. The summed E-state index contributed by atoms with van der Waals surface area (Å²) in [6.07, 6.45) is 2.20. The van der Waals surface area contributed by atoms with Crippen LogP contribution in [0.4, 0.5) is 5.69 Å². The maximum atomic E-state index is 8.85. The average molecular weight is 313 g/mol. The first-order valence-corrected chi connectivity index (χ1v) is 7.40. The Kier molecular flexibility index (Phi) is 4.12. The molecule has 0 unspecified atom stereocenters. The van der Waals surface area contributed by atoms with Gasteiger partial charge in [-0.1, -0.05) is 13.8 Å². The number of nitrogen functional groups attached to an aromatic ring is 1. The van der Waals surface area contributed by atoms with Crippen molar-refractivity contribution in [2.24, 2.45) is 0 Å². The lowest BCUT2D eigenvalue weighted by Gasteiger charge is -2.08. The minimum absolute atomic E-state index is 0.301. The van der Waals surface area contributed by atoms with Gasteiger partial charge in [-0.3, -0.25) is 0 Å². The van der Waals surface area contributed by atoms with Crippen LogP contribution < -0.4 is 10.5 Å². The van der Waals surface area contributed by atoms with E-state index in [1.165, 1.54) is 0 Å². The van der Waals surface area contributed by atoms with E-state index in [0.717, 1.165) is 16.9 Å². The highest BCUT2D eigenvalue weighted by atomic mass is 16.6. The maximum absolute atomic E-state index is 8.85. The van der Waals surface area contributed by atoms with Crippen LogP contribution in [0.15, 0.2) is 24.4 Å². The Morgan fingerprint density at radius 2 is 2.13 bits per heavy atom. The van der Waals surface area contributed by atoms with E-state index in [2.05, 4.69) is 33.8 Å². The lowest BCUT2D eigenvalue weighted by Crippen LogP contribution is -2.02. The van der Waals surface area contributed by atoms with Gasteiger partial charge >= 0.3 is 0 Å². The summed E-state index contributed by atoms with van der Waals surface area (Å²) in [4.78, 5) is 16.6. The van der Waals surface area contributed by atoms with Crippen molar-refractivity contribution in [3.05, 3.63) is 41.6 Å². The van der Waals surface area contributed by atoms with Crippen molar-refractivity contribution in [3.63, 3.8) is 0 Å². The largest absolute Gasteiger partial charge is 0.468 e. The van der Waals surface area contributed by atoms with Gasteiger partial charge in [-0.25, -0.2) is 15.0 Å². The van der Waals surface area contributed by atoms with E-state index in [0.29, 0.717) is 35.2 Å². The average Bonchev–Trinajstić information content (AvgIpc) is 2.94. The van der Waals surface area contributed by atoms with E-state index < -0.39 is 0 Å². The van der Waals surface area contributed by atoms with E-state index in [-0.39, 0.29) is 6.79 Å². The molecule has 1 aromatic carbocycles. The fraction of sp³-hybridized carbons (Fsp3) is 0.312. The van der Waals surface area contributed by atoms with Crippen molar-refractivity contribution in [2.75, 3.05) is 12.5 Å². The number of aromatic nitrogens is 4. The van der Waals surface area contributed by atoms with Crippen LogP contribution in [0, 0.1) is 0 Å². The Morgan fingerprint density at radius 1 is 1.30 bits per heavy atom. The number of nitrogens with one attached hydrogen (secondary N) is 1. The summed E-state index contributed by atoms with van der Waals surface area (Å²) in [7, 11) is 0. The molecular weight excluding hydrogens is 294 g/mol. The van der Waals surface area contributed by atoms with E-state index in [1.54, 1.807) is 24.4 Å². The summed E-state index contributed by atoms with van der Waals surface area (Å²) in [6, 6.07) is 5.23. The van der Waals surface area contributed by atoms with Gasteiger partial charge in [-0.2, -0.15) is 0 Å². The summed E-state index contributed by atoms with van der Waals surface area (Å²) in [6.45, 7) is 3.76. The Hall–Kier alpha value is -2.67. The van der Waals surface area contributed by atoms with Crippen LogP contribution >= 0.6 is 0 Å². The summed E-state index contributed by atoms with van der Waals surface area (Å²) >= 11 is 0. The highest BCUT2D eigenvalue weighted by Gasteiger charge is 2.11. The minimum Gasteiger partial charge on any atom is -0.468 e. The van der Waals surface area contributed by atoms with Gasteiger partial charge in [0.1, 0.15) is 22.9 Å². The Balaban J connectivity index is 1.90. The van der Waals surface area contributed by atoms with Crippen molar-refractivity contribution in [1.29, 1.82) is 0 Å². The normalized spacial score (nSPS) is 11.3. The molecule has 23 heavy (non-hydrogen) atoms. The first-order valence-electron chi connectivity index (χ1n) is 7.40. The SMILES string of the molecule is CC(C)c1nc2nc(Cc3cc(OCO)ccc3N)ncc2[nH]1. The minimum atomic E-state index is -0.378. The molecule has 0 aliphatic carbocycles. The van der Waals surface area contributed by atoms with Crippen LogP contribution in [-0.2, 0) is 6.42 Å². The summed E-state index contributed by atoms with van der Waals surface area (Å²) in [5.41, 5.74) is 8.94. The molecule has 120 valence electrons. The number of nitrogens with zero attached hydrogens (tertiary/aromatic N) is 3. The molecule has 0 amide bonds. The molecular formula is C16H19N5O2. The number of fused-ring (bicyclic) bond motifs is 1. The number of ether oxygens (including phenoxy) is 1. The third-order valence-electron chi connectivity index (χ3n) is 3.55. The number of aliphatic hydroxyl groups excluding tert-OH is 1. The lowest BCUT2D eigenvalue weighted by molar-refractivity contribution is 0.0985. The molecule has 2 aromatic heterocycles. The summed E-state index contributed by atoms with van der Waals surface area (Å²) < 4.78 is 5.08. The van der Waals surface area contributed by atoms with E-state index in [1.807, 2.05) is 0 Å². The molecule has 0 atom stereocenters. The Morgan fingerprint density at radius 3 is 2.87 bits per heavy atom. The molecule has 3 aromatic rings. The van der Waals surface area contributed by atoms with Gasteiger partial charge < -0.3 is 20.6 Å². The molecule has 0 aliphatic heterocycles. The Labute approximate surface area is 133 Å². The van der Waals surface area contributed by atoms with Crippen LogP contribution in [-0.4, -0.2) is 31.8 Å². The zero-order valence-corrected chi connectivity index (χ0v) is 13.1. The molecule has 2 heterocycles. The number of H-pyrrole nitrogens is 1. The smallest absolute Gasteiger partial charge is 0.186 e. The molecule has 7 nitrogen and oxygen atoms in total. The van der Waals surface area contributed by atoms with Crippen molar-refractivity contribution >= 4 is 16.9 Å². The van der Waals surface area contributed by atoms with E-state index >= 15 is 0 Å². The molecule has 0 radical (unpaired) electrons. The fourth-order valence-electron chi connectivity index (χ4n) is 2.29. The van der Waals surface area contributed by atoms with Crippen molar-refractivity contribution in [3.8, 4) is 5.75 Å². The van der Waals surface area contributed by atoms with Crippen LogP contribution in [0.5, 0.6) is 5.75 Å². The fourth-order valence-corrected chi connectivity index (χ4v) is 2.29. The summed E-state index contributed by atoms with van der Waals surface area (Å²) in [5, 5.41) is 8.85. The highest BCUT2D eigenvalue weighted by Crippen LogP contribution is 2.22. The third-order valence-corrected chi connectivity index (χ3v) is 3.55. The van der Waals surface area contributed by atoms with Crippen molar-refractivity contribution in [1.82, 2.24) is 19.9 Å². The number of imidazole rings is 1. The molecule has 0 saturated heterocycles. The lowest BCUT2D eigenvalue weighted by atomic mass is 10.1. The predicted molar refractivity (Wildman–Crippen MR) is 87.1 cm³/mol. The molecule has 7 heteroatoms. The topological polar surface area (TPSA) is 110 Å². The third kappa shape index (κ3) is 3.24. The number of anilines is 1. The number of hydrogen-bond donors (Lipinski definition) is 3. The van der Waals surface area contributed by atoms with Gasteiger partial charge in [0.15, 0.2) is 12.4 Å². The van der Waals surface area contributed by atoms with E-state index in [4.69, 9.17) is 15.6 Å². The molecule has 0 aliphatic rings. The Bertz CT molecular complexity index is 828. The van der Waals surface area contributed by atoms with Gasteiger partial charge in [-0.15, -0.1) is 0 Å². The predicted octanol–water partition coefficient (Wildman–Crippen LogP) is 1.98. The van der Waals surface area contributed by atoms with Crippen molar-refractivity contribution in [2.45, 2.75) is 26.2 Å². The number of nitrogens with two attached hydrogens (primary N) is 1.